The van der Waals surface area contributed by atoms with E-state index in [4.69, 9.17) is 0 Å². The number of likely N-dealkylation sites (N-methyl/N-ethyl adjacent to an activating group) is 1. The Kier molecular flexibility index (Phi) is 13.2. The minimum atomic E-state index is -0.217. The number of hydrogen-bond acceptors (Lipinski definition) is 3. The molecule has 0 unspecified atom stereocenters. The van der Waals surface area contributed by atoms with E-state index >= 15 is 0 Å². The fraction of sp³-hybridized carbons (Fsp3) is 0.680. The van der Waals surface area contributed by atoms with Crippen LogP contribution in [0.2, 0.25) is 0 Å². The number of piperidine rings is 1. The van der Waals surface area contributed by atoms with Crippen molar-refractivity contribution >= 4 is 35.8 Å². The van der Waals surface area contributed by atoms with Crippen molar-refractivity contribution in [2.24, 2.45) is 10.9 Å². The zero-order valence-corrected chi connectivity index (χ0v) is 23.0. The Bertz CT molecular complexity index is 681. The Hall–Kier alpha value is -1.35. The summed E-state index contributed by atoms with van der Waals surface area (Å²) in [4.78, 5) is 20.9. The number of guanidine groups is 1. The first-order valence-corrected chi connectivity index (χ1v) is 11.8. The zero-order chi connectivity index (χ0) is 22.7. The molecule has 1 heterocycles. The number of rotatable bonds is 9. The quantitative estimate of drug-likeness (QED) is 0.210. The maximum atomic E-state index is 12.1. The second-order valence-electron chi connectivity index (χ2n) is 9.81. The van der Waals surface area contributed by atoms with Crippen molar-refractivity contribution in [3.63, 3.8) is 0 Å². The van der Waals surface area contributed by atoms with Gasteiger partial charge in [0.25, 0.3) is 0 Å². The molecule has 1 aliphatic heterocycles. The van der Waals surface area contributed by atoms with Crippen molar-refractivity contribution in [1.82, 2.24) is 20.4 Å². The van der Waals surface area contributed by atoms with Gasteiger partial charge in [0.2, 0.25) is 5.91 Å². The van der Waals surface area contributed by atoms with Gasteiger partial charge in [-0.3, -0.25) is 9.79 Å². The third-order valence-corrected chi connectivity index (χ3v) is 5.73. The standard InChI is InChI=1S/C25H43N5O.HI/c1-25(2,3)28-23(31)20-29(5)24(26-4)27-15-9-10-16-30-17-13-22(14-18-30)19-21-11-7-6-8-12-21;/h6-8,11-12,22H,9-10,13-20H2,1-5H3,(H,26,27)(H,28,31);1H. The van der Waals surface area contributed by atoms with Gasteiger partial charge in [0.15, 0.2) is 5.96 Å². The lowest BCUT2D eigenvalue weighted by Crippen LogP contribution is -2.48. The summed E-state index contributed by atoms with van der Waals surface area (Å²) in [7, 11) is 3.66. The predicted octanol–water partition coefficient (Wildman–Crippen LogP) is 3.76. The maximum absolute atomic E-state index is 12.1. The molecule has 32 heavy (non-hydrogen) atoms. The molecule has 0 spiro atoms. The number of unbranched alkanes of at least 4 members (excludes halogenated alkanes) is 1. The number of halogens is 1. The fourth-order valence-corrected chi connectivity index (χ4v) is 4.16. The largest absolute Gasteiger partial charge is 0.356 e. The summed E-state index contributed by atoms with van der Waals surface area (Å²) in [6.45, 7) is 10.8. The van der Waals surface area contributed by atoms with E-state index in [1.165, 1.54) is 50.9 Å². The monoisotopic (exact) mass is 557 g/mol. The van der Waals surface area contributed by atoms with Gasteiger partial charge < -0.3 is 20.4 Å². The lowest BCUT2D eigenvalue weighted by Gasteiger charge is -2.32. The average Bonchev–Trinajstić information content (AvgIpc) is 2.71. The number of amides is 1. The number of nitrogens with one attached hydrogen (secondary N) is 2. The van der Waals surface area contributed by atoms with Crippen LogP contribution in [0.25, 0.3) is 0 Å². The van der Waals surface area contributed by atoms with Crippen LogP contribution in [0.5, 0.6) is 0 Å². The summed E-state index contributed by atoms with van der Waals surface area (Å²) in [6, 6.07) is 10.9. The highest BCUT2D eigenvalue weighted by molar-refractivity contribution is 14.0. The number of carbonyl (C=O) groups excluding carboxylic acids is 1. The molecule has 1 amide bonds. The molecule has 1 saturated heterocycles. The molecule has 0 atom stereocenters. The lowest BCUT2D eigenvalue weighted by atomic mass is 9.90. The van der Waals surface area contributed by atoms with Gasteiger partial charge in [-0.15, -0.1) is 24.0 Å². The molecule has 7 heteroatoms. The molecular weight excluding hydrogens is 513 g/mol. The highest BCUT2D eigenvalue weighted by Crippen LogP contribution is 2.21. The Morgan fingerprint density at radius 2 is 1.81 bits per heavy atom. The lowest BCUT2D eigenvalue weighted by molar-refractivity contribution is -0.122. The van der Waals surface area contributed by atoms with Crippen LogP contribution in [0, 0.1) is 5.92 Å². The molecule has 6 nitrogen and oxygen atoms in total. The van der Waals surface area contributed by atoms with Crippen LogP contribution in [0.3, 0.4) is 0 Å². The minimum absolute atomic E-state index is 0. The van der Waals surface area contributed by atoms with E-state index in [0.717, 1.165) is 24.8 Å². The Morgan fingerprint density at radius 1 is 1.16 bits per heavy atom. The van der Waals surface area contributed by atoms with Crippen LogP contribution in [-0.4, -0.2) is 74.0 Å². The van der Waals surface area contributed by atoms with Crippen molar-refractivity contribution in [2.45, 2.75) is 58.4 Å². The van der Waals surface area contributed by atoms with Gasteiger partial charge in [-0.05, 0) is 84.0 Å². The van der Waals surface area contributed by atoms with Crippen LogP contribution in [-0.2, 0) is 11.2 Å². The number of nitrogens with zero attached hydrogens (tertiary/aromatic N) is 3. The summed E-state index contributed by atoms with van der Waals surface area (Å²) in [5.41, 5.74) is 1.26. The molecule has 1 aromatic carbocycles. The first-order chi connectivity index (χ1) is 14.8. The van der Waals surface area contributed by atoms with Gasteiger partial charge in [0.1, 0.15) is 0 Å². The summed E-state index contributed by atoms with van der Waals surface area (Å²) in [6.07, 6.45) is 6.12. The molecule has 2 N–H and O–H groups in total. The Balaban J connectivity index is 0.00000512. The van der Waals surface area contributed by atoms with Crippen LogP contribution in [0.1, 0.15) is 52.0 Å². The summed E-state index contributed by atoms with van der Waals surface area (Å²) >= 11 is 0. The Morgan fingerprint density at radius 3 is 2.41 bits per heavy atom. The van der Waals surface area contributed by atoms with Gasteiger partial charge in [-0.1, -0.05) is 30.3 Å². The van der Waals surface area contributed by atoms with E-state index in [2.05, 4.69) is 50.9 Å². The van der Waals surface area contributed by atoms with Gasteiger partial charge in [0.05, 0.1) is 6.54 Å². The first-order valence-electron chi connectivity index (χ1n) is 11.8. The van der Waals surface area contributed by atoms with Crippen LogP contribution >= 0.6 is 24.0 Å². The van der Waals surface area contributed by atoms with E-state index in [-0.39, 0.29) is 35.4 Å². The van der Waals surface area contributed by atoms with Crippen molar-refractivity contribution in [2.75, 3.05) is 46.8 Å². The molecule has 2 rings (SSSR count). The molecule has 0 aliphatic carbocycles. The maximum Gasteiger partial charge on any atom is 0.240 e. The van der Waals surface area contributed by atoms with Gasteiger partial charge in [0, 0.05) is 26.2 Å². The molecule has 0 radical (unpaired) electrons. The third kappa shape index (κ3) is 11.5. The second kappa shape index (κ2) is 14.7. The van der Waals surface area contributed by atoms with Crippen molar-refractivity contribution in [1.29, 1.82) is 0 Å². The summed E-state index contributed by atoms with van der Waals surface area (Å²) in [5.74, 6) is 1.61. The van der Waals surface area contributed by atoms with Gasteiger partial charge in [-0.2, -0.15) is 0 Å². The van der Waals surface area contributed by atoms with Crippen LogP contribution in [0.15, 0.2) is 35.3 Å². The number of hydrogen-bond donors (Lipinski definition) is 2. The molecule has 1 fully saturated rings. The summed E-state index contributed by atoms with van der Waals surface area (Å²) < 4.78 is 0. The smallest absolute Gasteiger partial charge is 0.240 e. The number of aliphatic imine (C=N–C) groups is 1. The molecule has 1 aromatic rings. The van der Waals surface area contributed by atoms with Crippen molar-refractivity contribution in [3.05, 3.63) is 35.9 Å². The molecule has 0 saturated carbocycles. The van der Waals surface area contributed by atoms with Crippen LogP contribution < -0.4 is 10.6 Å². The van der Waals surface area contributed by atoms with Crippen molar-refractivity contribution < 1.29 is 4.79 Å². The molecule has 0 aromatic heterocycles. The van der Waals surface area contributed by atoms with E-state index < -0.39 is 0 Å². The second-order valence-corrected chi connectivity index (χ2v) is 9.81. The molecular formula is C25H44IN5O. The first kappa shape index (κ1) is 28.7. The van der Waals surface area contributed by atoms with Crippen LogP contribution in [0.4, 0.5) is 0 Å². The fourth-order valence-electron chi connectivity index (χ4n) is 4.16. The summed E-state index contributed by atoms with van der Waals surface area (Å²) in [5, 5.41) is 6.38. The SMILES string of the molecule is CN=C(NCCCCN1CCC(Cc2ccccc2)CC1)N(C)CC(=O)NC(C)(C)C.I. The average molecular weight is 558 g/mol. The topological polar surface area (TPSA) is 60.0 Å². The van der Waals surface area contributed by atoms with E-state index in [1.54, 1.807) is 7.05 Å². The third-order valence-electron chi connectivity index (χ3n) is 5.73. The predicted molar refractivity (Wildman–Crippen MR) is 146 cm³/mol. The zero-order valence-electron chi connectivity index (χ0n) is 20.7. The van der Waals surface area contributed by atoms with Gasteiger partial charge >= 0.3 is 0 Å². The number of likely N-dealkylation sites (tertiary alicyclic amines) is 1. The van der Waals surface area contributed by atoms with Crippen molar-refractivity contribution in [3.8, 4) is 0 Å². The highest BCUT2D eigenvalue weighted by Gasteiger charge is 2.19. The van der Waals surface area contributed by atoms with E-state index in [9.17, 15) is 4.79 Å². The Labute approximate surface area is 212 Å². The number of carbonyl (C=O) groups is 1. The number of benzene rings is 1. The van der Waals surface area contributed by atoms with Gasteiger partial charge in [-0.25, -0.2) is 0 Å². The highest BCUT2D eigenvalue weighted by atomic mass is 127. The molecule has 182 valence electrons. The molecule has 1 aliphatic rings. The minimum Gasteiger partial charge on any atom is -0.356 e. The van der Waals surface area contributed by atoms with E-state index in [1.807, 2.05) is 32.7 Å². The normalized spacial score (nSPS) is 15.7. The van der Waals surface area contributed by atoms with E-state index in [0.29, 0.717) is 6.54 Å². The molecule has 0 bridgehead atoms.